The third kappa shape index (κ3) is 1.42. The quantitative estimate of drug-likeness (QED) is 0.507. The molecule has 1 aliphatic rings. The van der Waals surface area contributed by atoms with Gasteiger partial charge in [0.15, 0.2) is 0 Å². The van der Waals surface area contributed by atoms with Gasteiger partial charge in [-0.3, -0.25) is 10.1 Å². The molecule has 0 bridgehead atoms. The van der Waals surface area contributed by atoms with E-state index in [1.807, 2.05) is 7.05 Å². The van der Waals surface area contributed by atoms with Crippen LogP contribution in [0.5, 0.6) is 0 Å². The van der Waals surface area contributed by atoms with Gasteiger partial charge in [-0.15, -0.1) is 0 Å². The van der Waals surface area contributed by atoms with E-state index in [9.17, 15) is 4.79 Å². The third-order valence-corrected chi connectivity index (χ3v) is 1.64. The minimum Gasteiger partial charge on any atom is -0.338 e. The van der Waals surface area contributed by atoms with Crippen LogP contribution in [0.2, 0.25) is 0 Å². The van der Waals surface area contributed by atoms with Gasteiger partial charge in [-0.2, -0.15) is 0 Å². The highest BCUT2D eigenvalue weighted by molar-refractivity contribution is 5.74. The molecular weight excluding hydrogens is 116 g/mol. The van der Waals surface area contributed by atoms with Gasteiger partial charge in [0, 0.05) is 6.92 Å². The first-order valence-electron chi connectivity index (χ1n) is 3.16. The van der Waals surface area contributed by atoms with Crippen molar-refractivity contribution in [1.29, 1.82) is 0 Å². The van der Waals surface area contributed by atoms with Crippen LogP contribution in [0.4, 0.5) is 0 Å². The highest BCUT2D eigenvalue weighted by atomic mass is 16.1. The molecule has 3 nitrogen and oxygen atoms in total. The Morgan fingerprint density at radius 1 is 1.56 bits per heavy atom. The van der Waals surface area contributed by atoms with Crippen LogP contribution in [0, 0.1) is 0 Å². The fourth-order valence-corrected chi connectivity index (χ4v) is 0.899. The molecule has 1 fully saturated rings. The summed E-state index contributed by atoms with van der Waals surface area (Å²) in [6.45, 7) is 1.54. The number of carbonyl (C=O) groups is 1. The van der Waals surface area contributed by atoms with Gasteiger partial charge in [0.1, 0.15) is 0 Å². The number of amides is 1. The summed E-state index contributed by atoms with van der Waals surface area (Å²) >= 11 is 0. The predicted molar refractivity (Wildman–Crippen MR) is 34.8 cm³/mol. The molecule has 0 aromatic heterocycles. The number of hydrogen-bond donors (Lipinski definition) is 2. The lowest BCUT2D eigenvalue weighted by atomic mass is 10.5. The van der Waals surface area contributed by atoms with Crippen LogP contribution in [-0.4, -0.2) is 18.6 Å². The molecule has 1 aliphatic carbocycles. The van der Waals surface area contributed by atoms with Gasteiger partial charge in [0.25, 0.3) is 0 Å². The number of nitrogens with one attached hydrogen (secondary N) is 2. The molecule has 9 heavy (non-hydrogen) atoms. The van der Waals surface area contributed by atoms with Gasteiger partial charge < -0.3 is 5.32 Å². The molecule has 1 amide bonds. The maximum atomic E-state index is 10.5. The Labute approximate surface area is 54.8 Å². The van der Waals surface area contributed by atoms with Gasteiger partial charge in [0.05, 0.1) is 5.66 Å². The fraction of sp³-hybridized carbons (Fsp3) is 0.833. The van der Waals surface area contributed by atoms with E-state index in [1.54, 1.807) is 0 Å². The second kappa shape index (κ2) is 1.99. The zero-order valence-electron chi connectivity index (χ0n) is 5.82. The lowest BCUT2D eigenvalue weighted by Crippen LogP contribution is -2.45. The maximum Gasteiger partial charge on any atom is 0.218 e. The summed E-state index contributed by atoms with van der Waals surface area (Å²) in [5, 5.41) is 5.88. The van der Waals surface area contributed by atoms with Crippen molar-refractivity contribution in [2.24, 2.45) is 0 Å². The molecular formula is C6H12N2O. The van der Waals surface area contributed by atoms with Crippen LogP contribution in [-0.2, 0) is 4.79 Å². The first-order chi connectivity index (χ1) is 4.18. The molecule has 0 radical (unpaired) electrons. The van der Waals surface area contributed by atoms with E-state index in [0.717, 1.165) is 12.8 Å². The topological polar surface area (TPSA) is 41.1 Å². The zero-order chi connectivity index (χ0) is 6.91. The summed E-state index contributed by atoms with van der Waals surface area (Å²) in [6, 6.07) is 0. The molecule has 0 aromatic carbocycles. The summed E-state index contributed by atoms with van der Waals surface area (Å²) in [6.07, 6.45) is 2.12. The highest BCUT2D eigenvalue weighted by Gasteiger charge is 2.41. The molecule has 52 valence electrons. The Morgan fingerprint density at radius 3 is 2.22 bits per heavy atom. The van der Waals surface area contributed by atoms with Crippen molar-refractivity contribution < 1.29 is 4.79 Å². The van der Waals surface area contributed by atoms with Crippen LogP contribution >= 0.6 is 0 Å². The van der Waals surface area contributed by atoms with E-state index in [-0.39, 0.29) is 11.6 Å². The molecule has 0 aromatic rings. The second-order valence-electron chi connectivity index (χ2n) is 2.51. The Hall–Kier alpha value is -0.570. The number of hydrogen-bond acceptors (Lipinski definition) is 2. The SMILES string of the molecule is CNC1(NC(C)=O)CC1. The monoisotopic (exact) mass is 128 g/mol. The molecule has 0 heterocycles. The molecule has 1 rings (SSSR count). The molecule has 2 N–H and O–H groups in total. The molecule has 3 heteroatoms. The fourth-order valence-electron chi connectivity index (χ4n) is 0.899. The van der Waals surface area contributed by atoms with Crippen molar-refractivity contribution in [1.82, 2.24) is 10.6 Å². The standard InChI is InChI=1S/C6H12N2O/c1-5(9)8-6(7-2)3-4-6/h7H,3-4H2,1-2H3,(H,8,9). The lowest BCUT2D eigenvalue weighted by molar-refractivity contribution is -0.120. The summed E-state index contributed by atoms with van der Waals surface area (Å²) in [5.74, 6) is 0.0434. The van der Waals surface area contributed by atoms with Crippen LogP contribution in [0.1, 0.15) is 19.8 Å². The summed E-state index contributed by atoms with van der Waals surface area (Å²) in [4.78, 5) is 10.5. The van der Waals surface area contributed by atoms with E-state index in [4.69, 9.17) is 0 Å². The Bertz CT molecular complexity index is 129. The minimum absolute atomic E-state index is 0.0359. The maximum absolute atomic E-state index is 10.5. The van der Waals surface area contributed by atoms with Crippen LogP contribution in [0.15, 0.2) is 0 Å². The third-order valence-electron chi connectivity index (χ3n) is 1.64. The van der Waals surface area contributed by atoms with Gasteiger partial charge in [0.2, 0.25) is 5.91 Å². The van der Waals surface area contributed by atoms with E-state index < -0.39 is 0 Å². The highest BCUT2D eigenvalue weighted by Crippen LogP contribution is 2.31. The number of carbonyl (C=O) groups excluding carboxylic acids is 1. The minimum atomic E-state index is -0.0359. The van der Waals surface area contributed by atoms with Crippen molar-refractivity contribution in [3.63, 3.8) is 0 Å². The average Bonchev–Trinajstić information content (AvgIpc) is 2.48. The van der Waals surface area contributed by atoms with E-state index in [1.165, 1.54) is 6.92 Å². The second-order valence-corrected chi connectivity index (χ2v) is 2.51. The van der Waals surface area contributed by atoms with Gasteiger partial charge in [-0.1, -0.05) is 0 Å². The molecule has 0 atom stereocenters. The Balaban J connectivity index is 2.33. The average molecular weight is 128 g/mol. The summed E-state index contributed by atoms with van der Waals surface area (Å²) < 4.78 is 0. The first-order valence-corrected chi connectivity index (χ1v) is 3.16. The van der Waals surface area contributed by atoms with Gasteiger partial charge in [-0.25, -0.2) is 0 Å². The van der Waals surface area contributed by atoms with Crippen molar-refractivity contribution in [2.45, 2.75) is 25.4 Å². The summed E-state index contributed by atoms with van der Waals surface area (Å²) in [5.41, 5.74) is -0.0359. The van der Waals surface area contributed by atoms with Crippen LogP contribution in [0.25, 0.3) is 0 Å². The van der Waals surface area contributed by atoms with Crippen molar-refractivity contribution in [2.75, 3.05) is 7.05 Å². The van der Waals surface area contributed by atoms with Crippen LogP contribution in [0.3, 0.4) is 0 Å². The molecule has 0 saturated heterocycles. The van der Waals surface area contributed by atoms with Gasteiger partial charge in [-0.05, 0) is 19.9 Å². The zero-order valence-corrected chi connectivity index (χ0v) is 5.82. The first kappa shape index (κ1) is 6.55. The van der Waals surface area contributed by atoms with E-state index in [0.29, 0.717) is 0 Å². The largest absolute Gasteiger partial charge is 0.338 e. The summed E-state index contributed by atoms with van der Waals surface area (Å²) in [7, 11) is 1.86. The van der Waals surface area contributed by atoms with Crippen LogP contribution < -0.4 is 10.6 Å². The van der Waals surface area contributed by atoms with Gasteiger partial charge >= 0.3 is 0 Å². The van der Waals surface area contributed by atoms with E-state index >= 15 is 0 Å². The molecule has 0 unspecified atom stereocenters. The Kier molecular flexibility index (Phi) is 1.45. The molecule has 0 spiro atoms. The van der Waals surface area contributed by atoms with Crippen molar-refractivity contribution in [3.8, 4) is 0 Å². The van der Waals surface area contributed by atoms with E-state index in [2.05, 4.69) is 10.6 Å². The predicted octanol–water partition coefficient (Wildman–Crippen LogP) is -0.168. The lowest BCUT2D eigenvalue weighted by Gasteiger charge is -2.13. The van der Waals surface area contributed by atoms with Crippen molar-refractivity contribution in [3.05, 3.63) is 0 Å². The number of rotatable bonds is 2. The Morgan fingerprint density at radius 2 is 2.11 bits per heavy atom. The molecule has 1 saturated carbocycles. The smallest absolute Gasteiger partial charge is 0.218 e. The normalized spacial score (nSPS) is 21.1. The molecule has 0 aliphatic heterocycles. The van der Waals surface area contributed by atoms with Crippen molar-refractivity contribution >= 4 is 5.91 Å².